The monoisotopic (exact) mass is 299 g/mol. The number of aliphatic carboxylic acids is 1. The fraction of sp³-hybridized carbons (Fsp3) is 0.636. The maximum atomic E-state index is 11.6. The standard InChI is InChI=1S/C11H17N5O5/c1-11(2,3)21-7(17)5-4-6(10(19)20)12-9(18)8-13-15-16-14-8/h6H,4-5H2,1-3H3,(H,12,18)(H,19,20)(H,13,14,15,16)/t6-/m1/s1. The van der Waals surface area contributed by atoms with Gasteiger partial charge >= 0.3 is 11.9 Å². The molecule has 0 saturated carbocycles. The highest BCUT2D eigenvalue weighted by molar-refractivity contribution is 5.93. The second-order valence-corrected chi connectivity index (χ2v) is 5.22. The molecule has 0 bridgehead atoms. The van der Waals surface area contributed by atoms with E-state index in [-0.39, 0.29) is 18.7 Å². The zero-order valence-electron chi connectivity index (χ0n) is 11.9. The summed E-state index contributed by atoms with van der Waals surface area (Å²) in [5.41, 5.74) is -0.649. The molecule has 10 heteroatoms. The summed E-state index contributed by atoms with van der Waals surface area (Å²) in [7, 11) is 0. The van der Waals surface area contributed by atoms with Crippen LogP contribution in [-0.2, 0) is 14.3 Å². The predicted molar refractivity (Wildman–Crippen MR) is 68.1 cm³/mol. The number of hydrogen-bond acceptors (Lipinski definition) is 7. The first-order chi connectivity index (χ1) is 9.69. The minimum atomic E-state index is -1.27. The summed E-state index contributed by atoms with van der Waals surface area (Å²) in [5.74, 6) is -2.88. The largest absolute Gasteiger partial charge is 0.480 e. The third kappa shape index (κ3) is 5.97. The van der Waals surface area contributed by atoms with E-state index in [9.17, 15) is 14.4 Å². The van der Waals surface area contributed by atoms with E-state index in [2.05, 4.69) is 25.9 Å². The van der Waals surface area contributed by atoms with Gasteiger partial charge in [0.15, 0.2) is 0 Å². The summed E-state index contributed by atoms with van der Waals surface area (Å²) in [4.78, 5) is 34.2. The van der Waals surface area contributed by atoms with Crippen LogP contribution in [0.2, 0.25) is 0 Å². The number of tetrazole rings is 1. The quantitative estimate of drug-likeness (QED) is 0.596. The molecule has 10 nitrogen and oxygen atoms in total. The fourth-order valence-electron chi connectivity index (χ4n) is 1.39. The highest BCUT2D eigenvalue weighted by Gasteiger charge is 2.25. The van der Waals surface area contributed by atoms with Gasteiger partial charge in [-0.1, -0.05) is 0 Å². The van der Waals surface area contributed by atoms with Crippen LogP contribution in [0, 0.1) is 0 Å². The number of nitrogens with one attached hydrogen (secondary N) is 2. The minimum Gasteiger partial charge on any atom is -0.480 e. The summed E-state index contributed by atoms with van der Waals surface area (Å²) in [6, 6.07) is -1.25. The molecule has 1 aromatic heterocycles. The molecule has 3 N–H and O–H groups in total. The van der Waals surface area contributed by atoms with Crippen molar-refractivity contribution >= 4 is 17.8 Å². The zero-order valence-corrected chi connectivity index (χ0v) is 11.9. The Kier molecular flexibility index (Phi) is 5.33. The summed E-state index contributed by atoms with van der Waals surface area (Å²) in [6.45, 7) is 5.12. The molecule has 0 radical (unpaired) electrons. The Morgan fingerprint density at radius 2 is 2.05 bits per heavy atom. The average Bonchev–Trinajstić information content (AvgIpc) is 2.85. The number of carbonyl (C=O) groups is 3. The van der Waals surface area contributed by atoms with Gasteiger partial charge in [-0.2, -0.15) is 5.21 Å². The van der Waals surface area contributed by atoms with Crippen molar-refractivity contribution in [2.45, 2.75) is 45.3 Å². The van der Waals surface area contributed by atoms with Gasteiger partial charge in [-0.3, -0.25) is 9.59 Å². The smallest absolute Gasteiger partial charge is 0.326 e. The highest BCUT2D eigenvalue weighted by Crippen LogP contribution is 2.10. The van der Waals surface area contributed by atoms with Crippen LogP contribution in [0.15, 0.2) is 0 Å². The lowest BCUT2D eigenvalue weighted by atomic mass is 10.1. The second kappa shape index (κ2) is 6.77. The van der Waals surface area contributed by atoms with E-state index in [0.717, 1.165) is 0 Å². The fourth-order valence-corrected chi connectivity index (χ4v) is 1.39. The third-order valence-electron chi connectivity index (χ3n) is 2.21. The van der Waals surface area contributed by atoms with E-state index in [0.29, 0.717) is 0 Å². The van der Waals surface area contributed by atoms with Crippen molar-refractivity contribution in [3.63, 3.8) is 0 Å². The Balaban J connectivity index is 2.53. The lowest BCUT2D eigenvalue weighted by Gasteiger charge is -2.20. The van der Waals surface area contributed by atoms with Crippen LogP contribution in [-0.4, -0.2) is 55.2 Å². The SMILES string of the molecule is CC(C)(C)OC(=O)CC[C@@H](NC(=O)c1nn[nH]n1)C(=O)O. The average molecular weight is 299 g/mol. The molecule has 0 saturated heterocycles. The molecule has 0 spiro atoms. The van der Waals surface area contributed by atoms with Crippen molar-refractivity contribution in [2.75, 3.05) is 0 Å². The molecule has 1 amide bonds. The molecular formula is C11H17N5O5. The Labute approximate surface area is 120 Å². The summed E-state index contributed by atoms with van der Waals surface area (Å²) in [5, 5.41) is 23.4. The second-order valence-electron chi connectivity index (χ2n) is 5.22. The topological polar surface area (TPSA) is 147 Å². The molecule has 0 unspecified atom stereocenters. The van der Waals surface area contributed by atoms with E-state index in [1.807, 2.05) is 0 Å². The molecular weight excluding hydrogens is 282 g/mol. The van der Waals surface area contributed by atoms with Gasteiger partial charge in [-0.05, 0) is 32.4 Å². The summed E-state index contributed by atoms with van der Waals surface area (Å²) >= 11 is 0. The molecule has 1 rings (SSSR count). The normalized spacial score (nSPS) is 12.5. The zero-order chi connectivity index (χ0) is 16.0. The molecule has 1 aromatic rings. The number of carboxylic acid groups (broad SMARTS) is 1. The summed E-state index contributed by atoms with van der Waals surface area (Å²) < 4.78 is 5.06. The Hall–Kier alpha value is -2.52. The number of esters is 1. The van der Waals surface area contributed by atoms with Crippen LogP contribution in [0.25, 0.3) is 0 Å². The van der Waals surface area contributed by atoms with Crippen LogP contribution < -0.4 is 5.32 Å². The van der Waals surface area contributed by atoms with Gasteiger partial charge in [0.25, 0.3) is 11.7 Å². The molecule has 1 atom stereocenters. The third-order valence-corrected chi connectivity index (χ3v) is 2.21. The molecule has 0 aliphatic carbocycles. The number of hydrogen-bond donors (Lipinski definition) is 3. The van der Waals surface area contributed by atoms with E-state index in [4.69, 9.17) is 9.84 Å². The lowest BCUT2D eigenvalue weighted by Crippen LogP contribution is -2.41. The molecule has 116 valence electrons. The number of aromatic amines is 1. The Morgan fingerprint density at radius 3 is 2.52 bits per heavy atom. The number of ether oxygens (including phenoxy) is 1. The van der Waals surface area contributed by atoms with E-state index in [1.54, 1.807) is 20.8 Å². The predicted octanol–water partition coefficient (Wildman–Crippen LogP) is -0.495. The van der Waals surface area contributed by atoms with Gasteiger partial charge in [0, 0.05) is 6.42 Å². The van der Waals surface area contributed by atoms with Gasteiger partial charge in [-0.15, -0.1) is 10.2 Å². The number of carboxylic acids is 1. The lowest BCUT2D eigenvalue weighted by molar-refractivity contribution is -0.155. The molecule has 1 heterocycles. The van der Waals surface area contributed by atoms with E-state index >= 15 is 0 Å². The van der Waals surface area contributed by atoms with Crippen LogP contribution in [0.1, 0.15) is 44.2 Å². The molecule has 0 aliphatic rings. The number of carbonyl (C=O) groups excluding carboxylic acids is 2. The van der Waals surface area contributed by atoms with E-state index < -0.39 is 29.5 Å². The van der Waals surface area contributed by atoms with Gasteiger partial charge in [-0.25, -0.2) is 4.79 Å². The van der Waals surface area contributed by atoms with Crippen molar-refractivity contribution in [3.8, 4) is 0 Å². The van der Waals surface area contributed by atoms with Crippen molar-refractivity contribution < 1.29 is 24.2 Å². The van der Waals surface area contributed by atoms with Crippen molar-refractivity contribution in [1.82, 2.24) is 25.9 Å². The van der Waals surface area contributed by atoms with E-state index in [1.165, 1.54) is 0 Å². The number of amides is 1. The molecule has 0 aliphatic heterocycles. The first kappa shape index (κ1) is 16.5. The van der Waals surface area contributed by atoms with Gasteiger partial charge in [0.2, 0.25) is 0 Å². The van der Waals surface area contributed by atoms with Gasteiger partial charge < -0.3 is 15.2 Å². The van der Waals surface area contributed by atoms with Crippen molar-refractivity contribution in [2.24, 2.45) is 0 Å². The van der Waals surface area contributed by atoms with Crippen molar-refractivity contribution in [3.05, 3.63) is 5.82 Å². The summed E-state index contributed by atoms with van der Waals surface area (Å²) in [6.07, 6.45) is -0.241. The first-order valence-corrected chi connectivity index (χ1v) is 6.18. The van der Waals surface area contributed by atoms with Gasteiger partial charge in [0.05, 0.1) is 0 Å². The van der Waals surface area contributed by atoms with Crippen LogP contribution in [0.5, 0.6) is 0 Å². The highest BCUT2D eigenvalue weighted by atomic mass is 16.6. The molecule has 0 aromatic carbocycles. The van der Waals surface area contributed by atoms with Crippen molar-refractivity contribution in [1.29, 1.82) is 0 Å². The Bertz CT molecular complexity index is 508. The Morgan fingerprint density at radius 1 is 1.38 bits per heavy atom. The number of nitrogens with zero attached hydrogens (tertiary/aromatic N) is 3. The minimum absolute atomic E-state index is 0.103. The first-order valence-electron chi connectivity index (χ1n) is 6.18. The molecule has 0 fully saturated rings. The number of H-pyrrole nitrogens is 1. The van der Waals surface area contributed by atoms with Crippen LogP contribution >= 0.6 is 0 Å². The van der Waals surface area contributed by atoms with Gasteiger partial charge in [0.1, 0.15) is 11.6 Å². The van der Waals surface area contributed by atoms with Crippen LogP contribution in [0.3, 0.4) is 0 Å². The maximum Gasteiger partial charge on any atom is 0.326 e. The maximum absolute atomic E-state index is 11.6. The number of rotatable bonds is 6. The molecule has 21 heavy (non-hydrogen) atoms. The van der Waals surface area contributed by atoms with Crippen LogP contribution in [0.4, 0.5) is 0 Å². The number of aromatic nitrogens is 4.